The molecule has 0 saturated heterocycles. The van der Waals surface area contributed by atoms with Crippen LogP contribution in [0.15, 0.2) is 29.4 Å². The Morgan fingerprint density at radius 3 is 2.85 bits per heavy atom. The first-order chi connectivity index (χ1) is 12.7. The Kier molecular flexibility index (Phi) is 5.45. The second-order valence-corrected chi connectivity index (χ2v) is 7.92. The quantitative estimate of drug-likeness (QED) is 0.727. The largest absolute Gasteiger partial charge is 0.369 e. The maximum atomic E-state index is 14.4. The summed E-state index contributed by atoms with van der Waals surface area (Å²) in [5.41, 5.74) is 4.96. The van der Waals surface area contributed by atoms with Crippen molar-refractivity contribution in [3.05, 3.63) is 51.6 Å². The molecule has 3 rings (SSSR count). The summed E-state index contributed by atoms with van der Waals surface area (Å²) in [5.74, 6) is -0.284. The van der Waals surface area contributed by atoms with Crippen LogP contribution in [0.4, 0.5) is 10.2 Å². The normalized spacial score (nSPS) is 19.6. The lowest BCUT2D eigenvalue weighted by molar-refractivity contribution is 0.102. The molecular formula is C16H15Cl2FN6OS. The molecule has 0 radical (unpaired) electrons. The van der Waals surface area contributed by atoms with Crippen molar-refractivity contribution in [1.82, 2.24) is 14.3 Å². The summed E-state index contributed by atoms with van der Waals surface area (Å²) < 4.78 is 16.1. The third-order valence-corrected chi connectivity index (χ3v) is 5.60. The maximum absolute atomic E-state index is 14.4. The van der Waals surface area contributed by atoms with Gasteiger partial charge in [-0.3, -0.25) is 9.10 Å². The molecule has 0 aliphatic carbocycles. The molecule has 7 nitrogen and oxygen atoms in total. The monoisotopic (exact) mass is 428 g/mol. The van der Waals surface area contributed by atoms with Crippen LogP contribution in [0.5, 0.6) is 0 Å². The summed E-state index contributed by atoms with van der Waals surface area (Å²) >= 11 is 13.2. The number of anilines is 1. The van der Waals surface area contributed by atoms with E-state index in [1.165, 1.54) is 36.3 Å². The van der Waals surface area contributed by atoms with E-state index in [1.807, 2.05) is 0 Å². The van der Waals surface area contributed by atoms with Gasteiger partial charge in [-0.1, -0.05) is 23.2 Å². The molecule has 3 N–H and O–H groups in total. The number of halogens is 3. The third kappa shape index (κ3) is 4.10. The van der Waals surface area contributed by atoms with E-state index in [0.717, 1.165) is 0 Å². The van der Waals surface area contributed by atoms with E-state index in [2.05, 4.69) is 20.3 Å². The van der Waals surface area contributed by atoms with Crippen molar-refractivity contribution < 1.29 is 9.18 Å². The topological polar surface area (TPSA) is 96.5 Å². The minimum atomic E-state index is -0.970. The van der Waals surface area contributed by atoms with Gasteiger partial charge in [0.15, 0.2) is 0 Å². The van der Waals surface area contributed by atoms with Crippen molar-refractivity contribution in [3.8, 4) is 0 Å². The fraction of sp³-hybridized carbons (Fsp3) is 0.250. The average molecular weight is 429 g/mol. The maximum Gasteiger partial charge on any atom is 0.276 e. The van der Waals surface area contributed by atoms with Crippen molar-refractivity contribution in [2.45, 2.75) is 12.5 Å². The van der Waals surface area contributed by atoms with Gasteiger partial charge in [-0.25, -0.2) is 19.4 Å². The van der Waals surface area contributed by atoms with Crippen LogP contribution in [0.1, 0.15) is 23.1 Å². The highest BCUT2D eigenvalue weighted by atomic mass is 35.5. The number of guanidine groups is 1. The second kappa shape index (κ2) is 7.49. The first kappa shape index (κ1) is 19.7. The molecular weight excluding hydrogens is 414 g/mol. The summed E-state index contributed by atoms with van der Waals surface area (Å²) in [6.07, 6.45) is 1.31. The molecule has 1 aliphatic heterocycles. The minimum Gasteiger partial charge on any atom is -0.369 e. The van der Waals surface area contributed by atoms with Crippen LogP contribution in [0.2, 0.25) is 10.0 Å². The lowest BCUT2D eigenvalue weighted by Crippen LogP contribution is -2.41. The zero-order chi connectivity index (χ0) is 19.8. The Labute approximate surface area is 169 Å². The van der Waals surface area contributed by atoms with Gasteiger partial charge in [0.1, 0.15) is 28.6 Å². The van der Waals surface area contributed by atoms with Crippen molar-refractivity contribution in [1.29, 1.82) is 0 Å². The summed E-state index contributed by atoms with van der Waals surface area (Å²) in [6.45, 7) is 1.73. The highest BCUT2D eigenvalue weighted by Crippen LogP contribution is 2.35. The first-order valence-electron chi connectivity index (χ1n) is 7.71. The van der Waals surface area contributed by atoms with Crippen molar-refractivity contribution >= 4 is 52.8 Å². The molecule has 0 saturated carbocycles. The van der Waals surface area contributed by atoms with E-state index in [9.17, 15) is 9.18 Å². The van der Waals surface area contributed by atoms with Gasteiger partial charge in [0.05, 0.1) is 10.0 Å². The molecule has 142 valence electrons. The number of nitrogens with one attached hydrogen (secondary N) is 1. The average Bonchev–Trinajstić information content (AvgIpc) is 2.60. The van der Waals surface area contributed by atoms with Gasteiger partial charge < -0.3 is 11.1 Å². The molecule has 0 spiro atoms. The zero-order valence-corrected chi connectivity index (χ0v) is 16.7. The number of carbonyl (C=O) groups is 1. The van der Waals surface area contributed by atoms with Gasteiger partial charge in [-0.05, 0) is 37.1 Å². The summed E-state index contributed by atoms with van der Waals surface area (Å²) in [7, 11) is 1.77. The Morgan fingerprint density at radius 2 is 2.19 bits per heavy atom. The molecule has 2 aromatic heterocycles. The zero-order valence-electron chi connectivity index (χ0n) is 14.3. The fourth-order valence-corrected chi connectivity index (χ4v) is 3.70. The number of carbonyl (C=O) groups excluding carboxylic acids is 1. The number of amides is 1. The first-order valence-corrected chi connectivity index (χ1v) is 9.41. The highest BCUT2D eigenvalue weighted by molar-refractivity contribution is 7.97. The number of rotatable bonds is 3. The van der Waals surface area contributed by atoms with E-state index in [0.29, 0.717) is 10.8 Å². The van der Waals surface area contributed by atoms with Gasteiger partial charge in [-0.15, -0.1) is 0 Å². The molecule has 27 heavy (non-hydrogen) atoms. The molecule has 1 aliphatic rings. The number of nitrogens with zero attached hydrogens (tertiary/aromatic N) is 4. The van der Waals surface area contributed by atoms with Crippen LogP contribution in [0.3, 0.4) is 0 Å². The Hall–Kier alpha value is -2.10. The van der Waals surface area contributed by atoms with Gasteiger partial charge in [0, 0.05) is 19.0 Å². The lowest BCUT2D eigenvalue weighted by Gasteiger charge is -2.33. The molecule has 0 unspecified atom stereocenters. The van der Waals surface area contributed by atoms with E-state index in [1.54, 1.807) is 18.3 Å². The molecule has 0 bridgehead atoms. The number of nitrogens with two attached hydrogens (primary N) is 1. The van der Waals surface area contributed by atoms with Crippen LogP contribution in [-0.4, -0.2) is 38.9 Å². The summed E-state index contributed by atoms with van der Waals surface area (Å²) in [6, 6.07) is 3.97. The molecule has 3 heterocycles. The number of aromatic nitrogens is 2. The Morgan fingerprint density at radius 1 is 1.44 bits per heavy atom. The van der Waals surface area contributed by atoms with Crippen LogP contribution >= 0.6 is 35.1 Å². The van der Waals surface area contributed by atoms with Crippen LogP contribution in [0, 0.1) is 5.82 Å². The third-order valence-electron chi connectivity index (χ3n) is 3.84. The fourth-order valence-electron chi connectivity index (χ4n) is 2.41. The molecule has 1 amide bonds. The lowest BCUT2D eigenvalue weighted by atomic mass is 10.00. The van der Waals surface area contributed by atoms with Gasteiger partial charge in [0.25, 0.3) is 5.91 Å². The van der Waals surface area contributed by atoms with Crippen LogP contribution in [0.25, 0.3) is 0 Å². The molecule has 1 atom stereocenters. The smallest absolute Gasteiger partial charge is 0.276 e. The van der Waals surface area contributed by atoms with Crippen molar-refractivity contribution in [3.63, 3.8) is 0 Å². The molecule has 2 aromatic rings. The minimum absolute atomic E-state index is 0.0166. The predicted octanol–water partition coefficient (Wildman–Crippen LogP) is 3.30. The Bertz CT molecular complexity index is 943. The van der Waals surface area contributed by atoms with Crippen LogP contribution in [-0.2, 0) is 5.54 Å². The van der Waals surface area contributed by atoms with E-state index in [4.69, 9.17) is 28.9 Å². The van der Waals surface area contributed by atoms with Crippen molar-refractivity contribution in [2.75, 3.05) is 18.1 Å². The van der Waals surface area contributed by atoms with Crippen molar-refractivity contribution in [2.24, 2.45) is 10.7 Å². The van der Waals surface area contributed by atoms with E-state index < -0.39 is 17.3 Å². The number of hydrogen-bond acceptors (Lipinski definition) is 7. The van der Waals surface area contributed by atoms with E-state index >= 15 is 0 Å². The standard InChI is InChI=1S/C16H15Cl2FN6OS/c1-16(7-27-25(2)15(20)24-16)13-10(19)3-4-11(22-13)23-14(26)12-9(18)5-8(17)6-21-12/h3-6H,7H2,1-2H3,(H2,20,24)(H,22,23,26)/t16-/m0/s1. The van der Waals surface area contributed by atoms with Gasteiger partial charge in [-0.2, -0.15) is 0 Å². The SMILES string of the molecule is CN1SC[C@@](C)(c2nc(NC(=O)c3ncc(Cl)cc3Cl)ccc2F)N=C1N. The molecule has 0 fully saturated rings. The summed E-state index contributed by atoms with van der Waals surface area (Å²) in [4.78, 5) is 24.9. The predicted molar refractivity (Wildman–Crippen MR) is 106 cm³/mol. The van der Waals surface area contributed by atoms with Crippen LogP contribution < -0.4 is 11.1 Å². The summed E-state index contributed by atoms with van der Waals surface area (Å²) in [5, 5.41) is 2.96. The second-order valence-electron chi connectivity index (χ2n) is 5.98. The molecule has 11 heteroatoms. The molecule has 0 aromatic carbocycles. The number of aliphatic imine (C=N–C) groups is 1. The van der Waals surface area contributed by atoms with E-state index in [-0.39, 0.29) is 28.2 Å². The van der Waals surface area contributed by atoms with Gasteiger partial charge in [0.2, 0.25) is 5.96 Å². The number of hydrogen-bond donors (Lipinski definition) is 2. The number of pyridine rings is 2. The van der Waals surface area contributed by atoms with Gasteiger partial charge >= 0.3 is 0 Å². The Balaban J connectivity index is 1.91. The highest BCUT2D eigenvalue weighted by Gasteiger charge is 2.36.